The Labute approximate surface area is 133 Å². The van der Waals surface area contributed by atoms with Crippen molar-refractivity contribution in [3.8, 4) is 0 Å². The van der Waals surface area contributed by atoms with Gasteiger partial charge < -0.3 is 5.32 Å². The number of rotatable bonds is 4. The Bertz CT molecular complexity index is 519. The van der Waals surface area contributed by atoms with E-state index in [1.807, 2.05) is 13.1 Å². The highest BCUT2D eigenvalue weighted by atomic mass is 16.2. The fraction of sp³-hybridized carbons (Fsp3) is 0.765. The molecule has 2 heterocycles. The minimum Gasteiger partial charge on any atom is -0.347 e. The molecule has 122 valence electrons. The summed E-state index contributed by atoms with van der Waals surface area (Å²) in [5, 5.41) is 7.56. The average Bonchev–Trinajstić information content (AvgIpc) is 3.14. The molecule has 2 aliphatic rings. The predicted molar refractivity (Wildman–Crippen MR) is 86.9 cm³/mol. The Morgan fingerprint density at radius 3 is 2.77 bits per heavy atom. The molecule has 1 aromatic heterocycles. The Hall–Kier alpha value is -1.36. The van der Waals surface area contributed by atoms with Gasteiger partial charge in [-0.3, -0.25) is 14.4 Å². The molecular weight excluding hydrogens is 276 g/mol. The van der Waals surface area contributed by atoms with E-state index in [4.69, 9.17) is 0 Å². The number of nitrogens with zero attached hydrogens (tertiary/aromatic N) is 3. The second-order valence-electron chi connectivity index (χ2n) is 6.74. The van der Waals surface area contributed by atoms with E-state index in [0.29, 0.717) is 5.69 Å². The normalized spacial score (nSPS) is 23.8. The van der Waals surface area contributed by atoms with Crippen molar-refractivity contribution < 1.29 is 4.79 Å². The molecule has 1 aromatic rings. The van der Waals surface area contributed by atoms with Crippen molar-refractivity contribution in [2.45, 2.75) is 64.0 Å². The molecule has 0 unspecified atom stereocenters. The minimum absolute atomic E-state index is 0.0187. The van der Waals surface area contributed by atoms with E-state index in [1.165, 1.54) is 32.1 Å². The van der Waals surface area contributed by atoms with Crippen LogP contribution in [0.25, 0.3) is 0 Å². The molecule has 0 radical (unpaired) electrons. The van der Waals surface area contributed by atoms with E-state index in [2.05, 4.69) is 22.2 Å². The Balaban J connectivity index is 1.55. The summed E-state index contributed by atoms with van der Waals surface area (Å²) in [6, 6.07) is 2.94. The smallest absolute Gasteiger partial charge is 0.269 e. The van der Waals surface area contributed by atoms with Crippen molar-refractivity contribution in [3.05, 3.63) is 17.5 Å². The van der Waals surface area contributed by atoms with Gasteiger partial charge in [0.1, 0.15) is 5.69 Å². The van der Waals surface area contributed by atoms with Gasteiger partial charge in [0.15, 0.2) is 0 Å². The van der Waals surface area contributed by atoms with Crippen LogP contribution in [0.3, 0.4) is 0 Å². The predicted octanol–water partition coefficient (Wildman–Crippen LogP) is 2.12. The van der Waals surface area contributed by atoms with E-state index >= 15 is 0 Å². The summed E-state index contributed by atoms with van der Waals surface area (Å²) in [7, 11) is 1.84. The molecular formula is C17H28N4O. The maximum atomic E-state index is 12.4. The summed E-state index contributed by atoms with van der Waals surface area (Å²) in [5.41, 5.74) is 1.65. The topological polar surface area (TPSA) is 50.2 Å². The maximum Gasteiger partial charge on any atom is 0.269 e. The molecule has 1 atom stereocenters. The number of hydrogen-bond acceptors (Lipinski definition) is 3. The zero-order valence-corrected chi connectivity index (χ0v) is 13.8. The van der Waals surface area contributed by atoms with Crippen LogP contribution in [0.5, 0.6) is 0 Å². The van der Waals surface area contributed by atoms with Crippen LogP contribution >= 0.6 is 0 Å². The van der Waals surface area contributed by atoms with E-state index < -0.39 is 0 Å². The zero-order chi connectivity index (χ0) is 15.5. The molecule has 2 fully saturated rings. The number of carbonyl (C=O) groups excluding carboxylic acids is 1. The molecule has 1 aliphatic carbocycles. The van der Waals surface area contributed by atoms with Crippen molar-refractivity contribution in [1.82, 2.24) is 20.0 Å². The van der Waals surface area contributed by atoms with Gasteiger partial charge in [-0.15, -0.1) is 0 Å². The number of nitrogens with one attached hydrogen (secondary N) is 1. The van der Waals surface area contributed by atoms with Crippen molar-refractivity contribution in [2.24, 2.45) is 7.05 Å². The number of likely N-dealkylation sites (tertiary alicyclic amines) is 1. The molecule has 3 rings (SSSR count). The summed E-state index contributed by atoms with van der Waals surface area (Å²) in [6.07, 6.45) is 8.73. The highest BCUT2D eigenvalue weighted by Crippen LogP contribution is 2.25. The summed E-state index contributed by atoms with van der Waals surface area (Å²) in [5.74, 6) is 0.0187. The second kappa shape index (κ2) is 6.82. The third kappa shape index (κ3) is 3.35. The van der Waals surface area contributed by atoms with Gasteiger partial charge in [-0.05, 0) is 31.7 Å². The quantitative estimate of drug-likeness (QED) is 0.927. The standard InChI is InChI=1S/C17H28N4O/c1-3-13-11-16(20(2)19-13)17(22)18-14-9-10-21(12-14)15-7-5-4-6-8-15/h11,14-15H,3-10,12H2,1-2H3,(H,18,22)/t14-/m0/s1. The summed E-state index contributed by atoms with van der Waals surface area (Å²) in [6.45, 7) is 4.19. The lowest BCUT2D eigenvalue weighted by atomic mass is 9.94. The fourth-order valence-corrected chi connectivity index (χ4v) is 3.85. The molecule has 1 saturated carbocycles. The van der Waals surface area contributed by atoms with Gasteiger partial charge in [-0.1, -0.05) is 26.2 Å². The third-order valence-electron chi connectivity index (χ3n) is 5.17. The number of hydrogen-bond donors (Lipinski definition) is 1. The number of carbonyl (C=O) groups is 1. The molecule has 1 amide bonds. The van der Waals surface area contributed by atoms with Crippen LogP contribution in [0.15, 0.2) is 6.07 Å². The van der Waals surface area contributed by atoms with Crippen LogP contribution in [-0.4, -0.2) is 45.8 Å². The molecule has 0 aromatic carbocycles. The van der Waals surface area contributed by atoms with Crippen LogP contribution in [0.1, 0.15) is 61.6 Å². The number of amides is 1. The van der Waals surface area contributed by atoms with Crippen molar-refractivity contribution in [3.63, 3.8) is 0 Å². The van der Waals surface area contributed by atoms with Gasteiger partial charge in [-0.25, -0.2) is 0 Å². The summed E-state index contributed by atoms with van der Waals surface area (Å²) >= 11 is 0. The largest absolute Gasteiger partial charge is 0.347 e. The van der Waals surface area contributed by atoms with Gasteiger partial charge in [0.05, 0.1) is 5.69 Å². The van der Waals surface area contributed by atoms with Gasteiger partial charge in [0.2, 0.25) is 0 Å². The summed E-state index contributed by atoms with van der Waals surface area (Å²) < 4.78 is 1.70. The molecule has 0 bridgehead atoms. The van der Waals surface area contributed by atoms with E-state index in [0.717, 1.165) is 37.7 Å². The first kappa shape index (κ1) is 15.5. The first-order chi connectivity index (χ1) is 10.7. The fourth-order valence-electron chi connectivity index (χ4n) is 3.85. The lowest BCUT2D eigenvalue weighted by molar-refractivity contribution is 0.0925. The monoisotopic (exact) mass is 304 g/mol. The molecule has 1 N–H and O–H groups in total. The van der Waals surface area contributed by atoms with E-state index in [-0.39, 0.29) is 11.9 Å². The lowest BCUT2D eigenvalue weighted by Gasteiger charge is -2.31. The van der Waals surface area contributed by atoms with Crippen molar-refractivity contribution >= 4 is 5.91 Å². The van der Waals surface area contributed by atoms with Crippen LogP contribution in [0.2, 0.25) is 0 Å². The van der Waals surface area contributed by atoms with Crippen LogP contribution in [-0.2, 0) is 13.5 Å². The van der Waals surface area contributed by atoms with Gasteiger partial charge >= 0.3 is 0 Å². The van der Waals surface area contributed by atoms with Crippen LogP contribution < -0.4 is 5.32 Å². The average molecular weight is 304 g/mol. The summed E-state index contributed by atoms with van der Waals surface area (Å²) in [4.78, 5) is 15.0. The second-order valence-corrected chi connectivity index (χ2v) is 6.74. The van der Waals surface area contributed by atoms with E-state index in [1.54, 1.807) is 4.68 Å². The minimum atomic E-state index is 0.0187. The first-order valence-electron chi connectivity index (χ1n) is 8.75. The molecule has 0 spiro atoms. The Morgan fingerprint density at radius 1 is 1.32 bits per heavy atom. The van der Waals surface area contributed by atoms with Crippen LogP contribution in [0, 0.1) is 0 Å². The molecule has 1 saturated heterocycles. The molecule has 1 aliphatic heterocycles. The highest BCUT2D eigenvalue weighted by molar-refractivity contribution is 5.92. The van der Waals surface area contributed by atoms with Gasteiger partial charge in [0.25, 0.3) is 5.91 Å². The SMILES string of the molecule is CCc1cc(C(=O)N[C@H]2CCN(C3CCCCC3)C2)n(C)n1. The molecule has 22 heavy (non-hydrogen) atoms. The first-order valence-corrected chi connectivity index (χ1v) is 8.75. The number of aryl methyl sites for hydroxylation is 2. The van der Waals surface area contributed by atoms with Crippen LogP contribution in [0.4, 0.5) is 0 Å². The zero-order valence-electron chi connectivity index (χ0n) is 13.8. The van der Waals surface area contributed by atoms with Crippen molar-refractivity contribution in [2.75, 3.05) is 13.1 Å². The molecule has 5 nitrogen and oxygen atoms in total. The van der Waals surface area contributed by atoms with E-state index in [9.17, 15) is 4.79 Å². The molecule has 5 heteroatoms. The Kier molecular flexibility index (Phi) is 4.81. The number of aromatic nitrogens is 2. The highest BCUT2D eigenvalue weighted by Gasteiger charge is 2.30. The van der Waals surface area contributed by atoms with Gasteiger partial charge in [-0.2, -0.15) is 5.10 Å². The Morgan fingerprint density at radius 2 is 2.09 bits per heavy atom. The van der Waals surface area contributed by atoms with Crippen molar-refractivity contribution in [1.29, 1.82) is 0 Å². The van der Waals surface area contributed by atoms with Gasteiger partial charge in [0, 0.05) is 32.2 Å². The third-order valence-corrected chi connectivity index (χ3v) is 5.17. The lowest BCUT2D eigenvalue weighted by Crippen LogP contribution is -2.40. The maximum absolute atomic E-state index is 12.4.